The zero-order valence-electron chi connectivity index (χ0n) is 14.7. The minimum absolute atomic E-state index is 0.0222. The van der Waals surface area contributed by atoms with Crippen molar-refractivity contribution in [2.75, 3.05) is 33.3 Å². The molecule has 25 heavy (non-hydrogen) atoms. The Morgan fingerprint density at radius 3 is 3.08 bits per heavy atom. The second kappa shape index (κ2) is 8.36. The molecule has 2 aromatic rings. The van der Waals surface area contributed by atoms with Gasteiger partial charge in [0.15, 0.2) is 5.96 Å². The molecular weight excluding hydrogens is 338 g/mol. The number of guanidine groups is 1. The van der Waals surface area contributed by atoms with Crippen LogP contribution < -0.4 is 5.32 Å². The van der Waals surface area contributed by atoms with Gasteiger partial charge in [-0.05, 0) is 24.1 Å². The Labute approximate surface area is 153 Å². The van der Waals surface area contributed by atoms with Crippen LogP contribution in [0.15, 0.2) is 41.7 Å². The van der Waals surface area contributed by atoms with E-state index >= 15 is 0 Å². The van der Waals surface area contributed by atoms with E-state index in [1.165, 1.54) is 5.56 Å². The zero-order valence-corrected chi connectivity index (χ0v) is 15.4. The van der Waals surface area contributed by atoms with E-state index in [0.29, 0.717) is 6.61 Å². The molecule has 1 N–H and O–H groups in total. The Balaban J connectivity index is 1.55. The lowest BCUT2D eigenvalue weighted by Gasteiger charge is -2.34. The fourth-order valence-corrected chi connectivity index (χ4v) is 3.21. The third-order valence-corrected chi connectivity index (χ3v) is 4.50. The standard InChI is InChI=1S/C18H24ClN5O/c1-20-18(21-7-6-14-4-3-5-16(19)10-14)24-8-9-25-17(13-24)15-11-22-23(2)12-15/h3-5,10-12,17H,6-9,13H2,1-2H3,(H,20,21). The second-order valence-electron chi connectivity index (χ2n) is 6.11. The maximum atomic E-state index is 6.04. The Kier molecular flexibility index (Phi) is 5.94. The van der Waals surface area contributed by atoms with Crippen molar-refractivity contribution in [1.82, 2.24) is 20.0 Å². The summed E-state index contributed by atoms with van der Waals surface area (Å²) in [6, 6.07) is 7.96. The molecule has 0 radical (unpaired) electrons. The largest absolute Gasteiger partial charge is 0.370 e. The van der Waals surface area contributed by atoms with Gasteiger partial charge < -0.3 is 15.0 Å². The van der Waals surface area contributed by atoms with E-state index in [4.69, 9.17) is 16.3 Å². The van der Waals surface area contributed by atoms with Gasteiger partial charge in [-0.25, -0.2) is 0 Å². The number of benzene rings is 1. The molecule has 1 saturated heterocycles. The first-order chi connectivity index (χ1) is 12.2. The lowest BCUT2D eigenvalue weighted by atomic mass is 10.1. The van der Waals surface area contributed by atoms with Crippen molar-refractivity contribution in [3.8, 4) is 0 Å². The summed E-state index contributed by atoms with van der Waals surface area (Å²) in [6.07, 6.45) is 4.79. The molecule has 7 heteroatoms. The zero-order chi connectivity index (χ0) is 17.6. The summed E-state index contributed by atoms with van der Waals surface area (Å²) in [5.41, 5.74) is 2.31. The Hall–Kier alpha value is -2.05. The predicted octanol–water partition coefficient (Wildman–Crippen LogP) is 2.26. The highest BCUT2D eigenvalue weighted by Crippen LogP contribution is 2.21. The summed E-state index contributed by atoms with van der Waals surface area (Å²) in [5, 5.41) is 8.45. The molecule has 1 aliphatic heterocycles. The summed E-state index contributed by atoms with van der Waals surface area (Å²) in [7, 11) is 3.73. The number of nitrogens with zero attached hydrogens (tertiary/aromatic N) is 4. The van der Waals surface area contributed by atoms with Crippen LogP contribution in [0.3, 0.4) is 0 Å². The third kappa shape index (κ3) is 4.74. The number of morpholine rings is 1. The molecular formula is C18H24ClN5O. The van der Waals surface area contributed by atoms with Gasteiger partial charge in [0, 0.05) is 44.0 Å². The number of aromatic nitrogens is 2. The van der Waals surface area contributed by atoms with E-state index in [2.05, 4.69) is 26.4 Å². The van der Waals surface area contributed by atoms with Gasteiger partial charge in [0.05, 0.1) is 19.3 Å². The van der Waals surface area contributed by atoms with Crippen LogP contribution in [0, 0.1) is 0 Å². The number of aliphatic imine (C=N–C) groups is 1. The minimum Gasteiger partial charge on any atom is -0.370 e. The molecule has 1 aromatic heterocycles. The molecule has 0 bridgehead atoms. The maximum absolute atomic E-state index is 6.04. The lowest BCUT2D eigenvalue weighted by Crippen LogP contribution is -2.48. The first-order valence-corrected chi connectivity index (χ1v) is 8.83. The van der Waals surface area contributed by atoms with E-state index < -0.39 is 0 Å². The fraction of sp³-hybridized carbons (Fsp3) is 0.444. The first-order valence-electron chi connectivity index (χ1n) is 8.46. The van der Waals surface area contributed by atoms with Crippen LogP contribution in [-0.4, -0.2) is 53.9 Å². The van der Waals surface area contributed by atoms with Crippen LogP contribution in [-0.2, 0) is 18.2 Å². The lowest BCUT2D eigenvalue weighted by molar-refractivity contribution is -0.00800. The van der Waals surface area contributed by atoms with Gasteiger partial charge in [0.2, 0.25) is 0 Å². The molecule has 1 unspecified atom stereocenters. The minimum atomic E-state index is 0.0222. The number of ether oxygens (including phenoxy) is 1. The van der Waals surface area contributed by atoms with Gasteiger partial charge in [0.25, 0.3) is 0 Å². The third-order valence-electron chi connectivity index (χ3n) is 4.26. The summed E-state index contributed by atoms with van der Waals surface area (Å²) in [5.74, 6) is 0.902. The number of nitrogens with one attached hydrogen (secondary N) is 1. The average Bonchev–Trinajstić information content (AvgIpc) is 3.05. The quantitative estimate of drug-likeness (QED) is 0.670. The van der Waals surface area contributed by atoms with Crippen LogP contribution in [0.2, 0.25) is 5.02 Å². The van der Waals surface area contributed by atoms with Crippen molar-refractivity contribution in [1.29, 1.82) is 0 Å². The average molecular weight is 362 g/mol. The van der Waals surface area contributed by atoms with Gasteiger partial charge in [-0.2, -0.15) is 5.10 Å². The molecule has 1 aliphatic rings. The van der Waals surface area contributed by atoms with Crippen molar-refractivity contribution in [3.05, 3.63) is 52.8 Å². The number of hydrogen-bond donors (Lipinski definition) is 1. The highest BCUT2D eigenvalue weighted by Gasteiger charge is 2.24. The maximum Gasteiger partial charge on any atom is 0.193 e. The highest BCUT2D eigenvalue weighted by atomic mass is 35.5. The molecule has 1 atom stereocenters. The van der Waals surface area contributed by atoms with Crippen molar-refractivity contribution < 1.29 is 4.74 Å². The van der Waals surface area contributed by atoms with E-state index in [9.17, 15) is 0 Å². The SMILES string of the molecule is CN=C(NCCc1cccc(Cl)c1)N1CCOC(c2cnn(C)c2)C1. The van der Waals surface area contributed by atoms with E-state index in [1.54, 1.807) is 4.68 Å². The smallest absolute Gasteiger partial charge is 0.193 e. The van der Waals surface area contributed by atoms with E-state index in [0.717, 1.165) is 42.6 Å². The molecule has 0 spiro atoms. The first kappa shape index (κ1) is 17.8. The van der Waals surface area contributed by atoms with E-state index in [1.807, 2.05) is 44.7 Å². The van der Waals surface area contributed by atoms with E-state index in [-0.39, 0.29) is 6.10 Å². The predicted molar refractivity (Wildman–Crippen MR) is 100.0 cm³/mol. The topological polar surface area (TPSA) is 54.7 Å². The summed E-state index contributed by atoms with van der Waals surface area (Å²) < 4.78 is 7.70. The molecule has 0 aliphatic carbocycles. The van der Waals surface area contributed by atoms with Crippen molar-refractivity contribution in [3.63, 3.8) is 0 Å². The summed E-state index contributed by atoms with van der Waals surface area (Å²) in [6.45, 7) is 3.08. The number of rotatable bonds is 4. The normalized spacial score (nSPS) is 18.4. The Bertz CT molecular complexity index is 730. The number of halogens is 1. The van der Waals surface area contributed by atoms with Gasteiger partial charge in [0.1, 0.15) is 6.10 Å². The summed E-state index contributed by atoms with van der Waals surface area (Å²) in [4.78, 5) is 6.66. The van der Waals surface area contributed by atoms with Gasteiger partial charge in [-0.1, -0.05) is 23.7 Å². The van der Waals surface area contributed by atoms with Crippen LogP contribution in [0.4, 0.5) is 0 Å². The molecule has 1 aromatic carbocycles. The molecule has 134 valence electrons. The van der Waals surface area contributed by atoms with Crippen LogP contribution in [0.5, 0.6) is 0 Å². The van der Waals surface area contributed by atoms with Gasteiger partial charge in [-0.3, -0.25) is 9.67 Å². The molecule has 1 fully saturated rings. The highest BCUT2D eigenvalue weighted by molar-refractivity contribution is 6.30. The monoisotopic (exact) mass is 361 g/mol. The molecule has 0 amide bonds. The molecule has 6 nitrogen and oxygen atoms in total. The molecule has 3 rings (SSSR count). The number of hydrogen-bond acceptors (Lipinski definition) is 3. The fourth-order valence-electron chi connectivity index (χ4n) is 2.99. The summed E-state index contributed by atoms with van der Waals surface area (Å²) >= 11 is 6.04. The van der Waals surface area contributed by atoms with Crippen molar-refractivity contribution >= 4 is 17.6 Å². The van der Waals surface area contributed by atoms with Crippen LogP contribution in [0.1, 0.15) is 17.2 Å². The van der Waals surface area contributed by atoms with Crippen molar-refractivity contribution in [2.24, 2.45) is 12.0 Å². The van der Waals surface area contributed by atoms with Gasteiger partial charge in [-0.15, -0.1) is 0 Å². The Morgan fingerprint density at radius 2 is 2.36 bits per heavy atom. The van der Waals surface area contributed by atoms with Crippen LogP contribution >= 0.6 is 11.6 Å². The Morgan fingerprint density at radius 1 is 1.48 bits per heavy atom. The molecule has 0 saturated carbocycles. The molecule has 2 heterocycles. The number of aryl methyl sites for hydroxylation is 1. The second-order valence-corrected chi connectivity index (χ2v) is 6.54. The van der Waals surface area contributed by atoms with Crippen molar-refractivity contribution in [2.45, 2.75) is 12.5 Å². The van der Waals surface area contributed by atoms with Gasteiger partial charge >= 0.3 is 0 Å². The van der Waals surface area contributed by atoms with Crippen LogP contribution in [0.25, 0.3) is 0 Å².